The van der Waals surface area contributed by atoms with Crippen molar-refractivity contribution in [3.63, 3.8) is 0 Å². The van der Waals surface area contributed by atoms with E-state index in [-0.39, 0.29) is 18.6 Å². The van der Waals surface area contributed by atoms with Gasteiger partial charge in [0.25, 0.3) is 5.91 Å². The number of nitrogens with zero attached hydrogens (tertiary/aromatic N) is 3. The Bertz CT molecular complexity index is 475. The first-order valence-corrected chi connectivity index (χ1v) is 7.71. The normalized spacial score (nSPS) is 18.6. The van der Waals surface area contributed by atoms with Gasteiger partial charge in [-0.3, -0.25) is 4.79 Å². The molecule has 1 aliphatic rings. The summed E-state index contributed by atoms with van der Waals surface area (Å²) in [5, 5.41) is 9.69. The predicted molar refractivity (Wildman–Crippen MR) is 81.2 cm³/mol. The molecule has 0 spiro atoms. The molecule has 0 aromatic carbocycles. The van der Waals surface area contributed by atoms with Gasteiger partial charge in [-0.1, -0.05) is 11.3 Å². The number of nitrogen functional groups attached to an aromatic ring is 1. The van der Waals surface area contributed by atoms with Gasteiger partial charge in [0.2, 0.25) is 0 Å². The number of carbonyl (C=O) groups excluding carboxylic acids is 1. The van der Waals surface area contributed by atoms with Gasteiger partial charge in [0.15, 0.2) is 5.13 Å². The second-order valence-electron chi connectivity index (χ2n) is 5.27. The summed E-state index contributed by atoms with van der Waals surface area (Å²) < 4.78 is 0. The number of likely N-dealkylation sites (tertiary alicyclic amines) is 1. The van der Waals surface area contributed by atoms with Gasteiger partial charge in [-0.15, -0.1) is 0 Å². The van der Waals surface area contributed by atoms with Crippen LogP contribution >= 0.6 is 11.3 Å². The smallest absolute Gasteiger partial charge is 0.268 e. The molecule has 7 heteroatoms. The van der Waals surface area contributed by atoms with Crippen molar-refractivity contribution >= 4 is 28.2 Å². The zero-order valence-corrected chi connectivity index (χ0v) is 12.8. The van der Waals surface area contributed by atoms with Crippen LogP contribution in [-0.2, 0) is 0 Å². The molecule has 1 aliphatic heterocycles. The fourth-order valence-electron chi connectivity index (χ4n) is 2.53. The summed E-state index contributed by atoms with van der Waals surface area (Å²) in [5.41, 5.74) is 5.88. The Balaban J connectivity index is 2.13. The maximum atomic E-state index is 12.6. The summed E-state index contributed by atoms with van der Waals surface area (Å²) in [6.07, 6.45) is 3.60. The van der Waals surface area contributed by atoms with Crippen molar-refractivity contribution in [1.82, 2.24) is 9.88 Å². The molecule has 0 radical (unpaired) electrons. The molecular weight excluding hydrogens is 276 g/mol. The van der Waals surface area contributed by atoms with Crippen LogP contribution in [0, 0.1) is 0 Å². The topological polar surface area (TPSA) is 82.7 Å². The minimum Gasteiger partial charge on any atom is -0.396 e. The molecule has 3 N–H and O–H groups in total. The second kappa shape index (κ2) is 6.41. The molecule has 1 fully saturated rings. The first-order valence-electron chi connectivity index (χ1n) is 6.90. The molecule has 2 heterocycles. The largest absolute Gasteiger partial charge is 0.396 e. The number of nitrogens with two attached hydrogens (primary N) is 1. The number of thiazole rings is 1. The summed E-state index contributed by atoms with van der Waals surface area (Å²) in [6.45, 7) is 0.940. The number of aromatic nitrogens is 1. The van der Waals surface area contributed by atoms with Gasteiger partial charge < -0.3 is 20.6 Å². The molecule has 6 nitrogen and oxygen atoms in total. The summed E-state index contributed by atoms with van der Waals surface area (Å²) in [4.78, 5) is 21.1. The Labute approximate surface area is 123 Å². The van der Waals surface area contributed by atoms with Gasteiger partial charge in [0.1, 0.15) is 10.7 Å². The quantitative estimate of drug-likeness (QED) is 0.852. The summed E-state index contributed by atoms with van der Waals surface area (Å²) in [6, 6.07) is 0.221. The molecule has 1 aromatic heterocycles. The van der Waals surface area contributed by atoms with Gasteiger partial charge in [0.05, 0.1) is 0 Å². The van der Waals surface area contributed by atoms with Crippen LogP contribution in [0.1, 0.15) is 35.4 Å². The molecule has 20 heavy (non-hydrogen) atoms. The van der Waals surface area contributed by atoms with Crippen molar-refractivity contribution in [3.05, 3.63) is 4.88 Å². The van der Waals surface area contributed by atoms with Gasteiger partial charge in [-0.25, -0.2) is 4.98 Å². The molecule has 0 bridgehead atoms. The van der Waals surface area contributed by atoms with E-state index in [0.29, 0.717) is 10.7 Å². The molecule has 1 saturated heterocycles. The van der Waals surface area contributed by atoms with Crippen LogP contribution < -0.4 is 10.6 Å². The van der Waals surface area contributed by atoms with E-state index in [0.717, 1.165) is 37.4 Å². The Morgan fingerprint density at radius 2 is 2.35 bits per heavy atom. The van der Waals surface area contributed by atoms with Crippen molar-refractivity contribution in [2.45, 2.75) is 31.7 Å². The minimum atomic E-state index is -0.0199. The third kappa shape index (κ3) is 3.04. The maximum absolute atomic E-state index is 12.6. The minimum absolute atomic E-state index is 0.0199. The number of amides is 1. The monoisotopic (exact) mass is 298 g/mol. The molecular formula is C13H22N4O2S. The summed E-state index contributed by atoms with van der Waals surface area (Å²) in [7, 11) is 3.76. The Hall–Kier alpha value is -1.34. The van der Waals surface area contributed by atoms with E-state index in [1.165, 1.54) is 11.3 Å². The zero-order chi connectivity index (χ0) is 14.7. The van der Waals surface area contributed by atoms with Crippen LogP contribution in [0.4, 0.5) is 10.9 Å². The highest BCUT2D eigenvalue weighted by Gasteiger charge is 2.31. The maximum Gasteiger partial charge on any atom is 0.268 e. The van der Waals surface area contributed by atoms with E-state index in [2.05, 4.69) is 4.98 Å². The second-order valence-corrected chi connectivity index (χ2v) is 6.24. The predicted octanol–water partition coefficient (Wildman–Crippen LogP) is 1.17. The number of rotatable bonds is 5. The standard InChI is InChI=1S/C13H22N4O2S/c1-16(2)13-15-11(14)10(20-13)12(19)17-7-3-5-9(17)6-4-8-18/h9,18H,3-8,14H2,1-2H3. The third-order valence-corrected chi connectivity index (χ3v) is 4.78. The highest BCUT2D eigenvalue weighted by Crippen LogP contribution is 2.31. The average molecular weight is 298 g/mol. The van der Waals surface area contributed by atoms with Crippen molar-refractivity contribution < 1.29 is 9.90 Å². The van der Waals surface area contributed by atoms with Gasteiger partial charge in [-0.05, 0) is 25.7 Å². The van der Waals surface area contributed by atoms with E-state index >= 15 is 0 Å². The fraction of sp³-hybridized carbons (Fsp3) is 0.692. The van der Waals surface area contributed by atoms with Crippen LogP contribution in [0.2, 0.25) is 0 Å². The van der Waals surface area contributed by atoms with E-state index in [4.69, 9.17) is 10.8 Å². The molecule has 1 unspecified atom stereocenters. The van der Waals surface area contributed by atoms with Crippen LogP contribution in [0.15, 0.2) is 0 Å². The SMILES string of the molecule is CN(C)c1nc(N)c(C(=O)N2CCCC2CCCO)s1. The lowest BCUT2D eigenvalue weighted by Gasteiger charge is -2.24. The highest BCUT2D eigenvalue weighted by molar-refractivity contribution is 7.18. The Morgan fingerprint density at radius 1 is 1.60 bits per heavy atom. The van der Waals surface area contributed by atoms with Crippen molar-refractivity contribution in [3.8, 4) is 0 Å². The average Bonchev–Trinajstić information content (AvgIpc) is 3.02. The molecule has 1 atom stereocenters. The van der Waals surface area contributed by atoms with Crippen molar-refractivity contribution in [1.29, 1.82) is 0 Å². The Kier molecular flexibility index (Phi) is 4.82. The van der Waals surface area contributed by atoms with Crippen LogP contribution in [0.3, 0.4) is 0 Å². The number of aliphatic hydroxyl groups is 1. The van der Waals surface area contributed by atoms with E-state index in [1.54, 1.807) is 0 Å². The first kappa shape index (κ1) is 15.1. The fourth-order valence-corrected chi connectivity index (χ4v) is 3.39. The highest BCUT2D eigenvalue weighted by atomic mass is 32.1. The van der Waals surface area contributed by atoms with E-state index in [1.807, 2.05) is 23.9 Å². The summed E-state index contributed by atoms with van der Waals surface area (Å²) >= 11 is 1.34. The molecule has 112 valence electrons. The van der Waals surface area contributed by atoms with Crippen LogP contribution in [-0.4, -0.2) is 54.2 Å². The molecule has 1 aromatic rings. The third-order valence-electron chi connectivity index (χ3n) is 3.55. The molecule has 0 aliphatic carbocycles. The van der Waals surface area contributed by atoms with Crippen LogP contribution in [0.5, 0.6) is 0 Å². The number of anilines is 2. The lowest BCUT2D eigenvalue weighted by atomic mass is 10.1. The van der Waals surface area contributed by atoms with E-state index < -0.39 is 0 Å². The lowest BCUT2D eigenvalue weighted by molar-refractivity contribution is 0.0730. The number of hydrogen-bond acceptors (Lipinski definition) is 6. The Morgan fingerprint density at radius 3 is 2.95 bits per heavy atom. The first-order chi connectivity index (χ1) is 9.54. The van der Waals surface area contributed by atoms with Crippen molar-refractivity contribution in [2.75, 3.05) is 37.9 Å². The summed E-state index contributed by atoms with van der Waals surface area (Å²) in [5.74, 6) is 0.296. The van der Waals surface area contributed by atoms with Crippen LogP contribution in [0.25, 0.3) is 0 Å². The number of aliphatic hydroxyl groups excluding tert-OH is 1. The molecule has 1 amide bonds. The zero-order valence-electron chi connectivity index (χ0n) is 12.0. The van der Waals surface area contributed by atoms with E-state index in [9.17, 15) is 4.79 Å². The lowest BCUT2D eigenvalue weighted by Crippen LogP contribution is -2.35. The number of hydrogen-bond donors (Lipinski definition) is 2. The number of carbonyl (C=O) groups is 1. The van der Waals surface area contributed by atoms with Gasteiger partial charge in [-0.2, -0.15) is 0 Å². The van der Waals surface area contributed by atoms with Gasteiger partial charge >= 0.3 is 0 Å². The molecule has 2 rings (SSSR count). The van der Waals surface area contributed by atoms with Crippen molar-refractivity contribution in [2.24, 2.45) is 0 Å². The molecule has 0 saturated carbocycles. The van der Waals surface area contributed by atoms with Gasteiger partial charge in [0, 0.05) is 33.3 Å².